The molecule has 6 nitrogen and oxygen atoms in total. The van der Waals surface area contributed by atoms with Gasteiger partial charge in [0.25, 0.3) is 5.82 Å². The Morgan fingerprint density at radius 3 is 2.37 bits per heavy atom. The van der Waals surface area contributed by atoms with Crippen molar-refractivity contribution in [1.82, 2.24) is 24.7 Å². The number of anilines is 1. The van der Waals surface area contributed by atoms with Crippen molar-refractivity contribution in [2.24, 2.45) is 0 Å². The van der Waals surface area contributed by atoms with Gasteiger partial charge in [-0.2, -0.15) is 17.7 Å². The fourth-order valence-corrected chi connectivity index (χ4v) is 3.85. The van der Waals surface area contributed by atoms with Crippen LogP contribution in [0, 0.1) is 13.8 Å². The van der Waals surface area contributed by atoms with Crippen molar-refractivity contribution in [2.75, 3.05) is 18.4 Å². The molecule has 4 rings (SSSR count). The standard InChI is InChI=1S/C20H22ClF3N6/c1-12-13(2)18-26-27-19(20(22,23)24)30(18)28-17(12)25-16-7-9-29(10-8-16)11-14-3-5-15(21)6-4-14/h3-6,16H,7-11H2,1-2H3,(H,25,28). The van der Waals surface area contributed by atoms with Crippen molar-refractivity contribution in [3.8, 4) is 0 Å². The van der Waals surface area contributed by atoms with Gasteiger partial charge in [0.15, 0.2) is 11.5 Å². The van der Waals surface area contributed by atoms with Crippen LogP contribution in [0.1, 0.15) is 35.4 Å². The zero-order valence-corrected chi connectivity index (χ0v) is 17.4. The number of alkyl halides is 3. The van der Waals surface area contributed by atoms with Crippen LogP contribution in [0.15, 0.2) is 24.3 Å². The Kier molecular flexibility index (Phi) is 5.59. The van der Waals surface area contributed by atoms with E-state index in [0.717, 1.165) is 47.6 Å². The maximum Gasteiger partial charge on any atom is 0.453 e. The van der Waals surface area contributed by atoms with Gasteiger partial charge in [-0.1, -0.05) is 23.7 Å². The van der Waals surface area contributed by atoms with Crippen LogP contribution in [0.5, 0.6) is 0 Å². The number of halogens is 4. The number of rotatable bonds is 4. The van der Waals surface area contributed by atoms with Gasteiger partial charge in [0.05, 0.1) is 0 Å². The molecule has 1 N–H and O–H groups in total. The Balaban J connectivity index is 1.46. The van der Waals surface area contributed by atoms with Crippen LogP contribution in [-0.4, -0.2) is 43.8 Å². The summed E-state index contributed by atoms with van der Waals surface area (Å²) in [6.45, 7) is 6.20. The normalized spacial score (nSPS) is 16.3. The second kappa shape index (κ2) is 8.03. The topological polar surface area (TPSA) is 58.4 Å². The fraction of sp³-hybridized carbons (Fsp3) is 0.450. The van der Waals surface area contributed by atoms with Crippen LogP contribution in [0.3, 0.4) is 0 Å². The number of aryl methyl sites for hydroxylation is 1. The minimum absolute atomic E-state index is 0.128. The van der Waals surface area contributed by atoms with Gasteiger partial charge in [-0.25, -0.2) is 0 Å². The Bertz CT molecular complexity index is 1040. The first kappa shape index (κ1) is 20.9. The summed E-state index contributed by atoms with van der Waals surface area (Å²) in [5, 5.41) is 15.2. The number of nitrogens with one attached hydrogen (secondary N) is 1. The van der Waals surface area contributed by atoms with Crippen molar-refractivity contribution in [3.05, 3.63) is 51.8 Å². The van der Waals surface area contributed by atoms with Crippen LogP contribution in [0.25, 0.3) is 5.65 Å². The first-order chi connectivity index (χ1) is 14.2. The number of benzene rings is 1. The van der Waals surface area contributed by atoms with Gasteiger partial charge in [0, 0.05) is 36.3 Å². The Morgan fingerprint density at radius 2 is 1.73 bits per heavy atom. The van der Waals surface area contributed by atoms with E-state index in [0.29, 0.717) is 11.4 Å². The molecule has 160 valence electrons. The minimum Gasteiger partial charge on any atom is -0.366 e. The molecule has 10 heteroatoms. The lowest BCUT2D eigenvalue weighted by molar-refractivity contribution is -0.146. The lowest BCUT2D eigenvalue weighted by Crippen LogP contribution is -2.39. The lowest BCUT2D eigenvalue weighted by atomic mass is 10.0. The molecule has 0 aliphatic carbocycles. The first-order valence-corrected chi connectivity index (χ1v) is 10.1. The highest BCUT2D eigenvalue weighted by molar-refractivity contribution is 6.30. The number of piperidine rings is 1. The smallest absolute Gasteiger partial charge is 0.366 e. The summed E-state index contributed by atoms with van der Waals surface area (Å²) in [6.07, 6.45) is -2.86. The predicted molar refractivity (Wildman–Crippen MR) is 109 cm³/mol. The van der Waals surface area contributed by atoms with Crippen molar-refractivity contribution < 1.29 is 13.2 Å². The molecule has 2 aromatic heterocycles. The van der Waals surface area contributed by atoms with Crippen LogP contribution in [-0.2, 0) is 12.7 Å². The average molecular weight is 439 g/mol. The summed E-state index contributed by atoms with van der Waals surface area (Å²) in [5.41, 5.74) is 2.75. The quantitative estimate of drug-likeness (QED) is 0.650. The second-order valence-electron chi connectivity index (χ2n) is 7.68. The van der Waals surface area contributed by atoms with Crippen molar-refractivity contribution >= 4 is 23.1 Å². The highest BCUT2D eigenvalue weighted by atomic mass is 35.5. The molecule has 0 radical (unpaired) electrons. The van der Waals surface area contributed by atoms with Crippen LogP contribution in [0.4, 0.5) is 19.0 Å². The maximum absolute atomic E-state index is 13.2. The lowest BCUT2D eigenvalue weighted by Gasteiger charge is -2.33. The minimum atomic E-state index is -4.61. The van der Waals surface area contributed by atoms with E-state index in [1.54, 1.807) is 6.92 Å². The zero-order valence-electron chi connectivity index (χ0n) is 16.7. The van der Waals surface area contributed by atoms with E-state index in [2.05, 4.69) is 25.5 Å². The molecular weight excluding hydrogens is 417 g/mol. The third kappa shape index (κ3) is 4.22. The van der Waals surface area contributed by atoms with E-state index in [1.165, 1.54) is 5.56 Å². The molecule has 0 amide bonds. The molecule has 1 aliphatic heterocycles. The molecule has 1 aliphatic rings. The monoisotopic (exact) mass is 438 g/mol. The summed E-state index contributed by atoms with van der Waals surface area (Å²) in [7, 11) is 0. The van der Waals surface area contributed by atoms with Gasteiger partial charge < -0.3 is 5.32 Å². The zero-order chi connectivity index (χ0) is 21.5. The molecule has 3 heterocycles. The van der Waals surface area contributed by atoms with Crippen LogP contribution in [0.2, 0.25) is 5.02 Å². The summed E-state index contributed by atoms with van der Waals surface area (Å²) >= 11 is 5.94. The molecule has 0 saturated carbocycles. The SMILES string of the molecule is Cc1c(NC2CCN(Cc3ccc(Cl)cc3)CC2)nn2c(C(F)(F)F)nnc2c1C. The number of aromatic nitrogens is 4. The van der Waals surface area contributed by atoms with E-state index in [1.807, 2.05) is 31.2 Å². The molecule has 0 unspecified atom stereocenters. The van der Waals surface area contributed by atoms with Gasteiger partial charge in [0.2, 0.25) is 0 Å². The third-order valence-electron chi connectivity index (χ3n) is 5.60. The molecule has 0 spiro atoms. The number of hydrogen-bond donors (Lipinski definition) is 1. The summed E-state index contributed by atoms with van der Waals surface area (Å²) in [4.78, 5) is 2.36. The van der Waals surface area contributed by atoms with Gasteiger partial charge in [0.1, 0.15) is 0 Å². The number of likely N-dealkylation sites (tertiary alicyclic amines) is 1. The molecule has 1 aromatic carbocycles. The largest absolute Gasteiger partial charge is 0.453 e. The van der Waals surface area contributed by atoms with Gasteiger partial charge in [-0.05, 0) is 49.9 Å². The van der Waals surface area contributed by atoms with Gasteiger partial charge >= 0.3 is 6.18 Å². The number of nitrogens with zero attached hydrogens (tertiary/aromatic N) is 5. The first-order valence-electron chi connectivity index (χ1n) is 9.75. The summed E-state index contributed by atoms with van der Waals surface area (Å²) in [6, 6.07) is 7.96. The molecule has 0 atom stereocenters. The highest BCUT2D eigenvalue weighted by Gasteiger charge is 2.38. The van der Waals surface area contributed by atoms with Gasteiger partial charge in [-0.15, -0.1) is 15.3 Å². The number of fused-ring (bicyclic) bond motifs is 1. The maximum atomic E-state index is 13.2. The van der Waals surface area contributed by atoms with E-state index < -0.39 is 12.0 Å². The highest BCUT2D eigenvalue weighted by Crippen LogP contribution is 2.30. The third-order valence-corrected chi connectivity index (χ3v) is 5.85. The van der Waals surface area contributed by atoms with Crippen molar-refractivity contribution in [2.45, 2.75) is 45.5 Å². The van der Waals surface area contributed by atoms with E-state index in [4.69, 9.17) is 11.6 Å². The van der Waals surface area contributed by atoms with Gasteiger partial charge in [-0.3, -0.25) is 4.90 Å². The van der Waals surface area contributed by atoms with Crippen molar-refractivity contribution in [3.63, 3.8) is 0 Å². The van der Waals surface area contributed by atoms with Crippen LogP contribution >= 0.6 is 11.6 Å². The Hall–Kier alpha value is -2.39. The summed E-state index contributed by atoms with van der Waals surface area (Å²) in [5.74, 6) is -0.664. The second-order valence-corrected chi connectivity index (χ2v) is 8.11. The Morgan fingerprint density at radius 1 is 1.07 bits per heavy atom. The molecular formula is C20H22ClF3N6. The molecule has 0 bridgehead atoms. The van der Waals surface area contributed by atoms with E-state index in [-0.39, 0.29) is 11.7 Å². The average Bonchev–Trinajstić information content (AvgIpc) is 3.13. The number of hydrogen-bond acceptors (Lipinski definition) is 5. The fourth-order valence-electron chi connectivity index (χ4n) is 3.72. The van der Waals surface area contributed by atoms with E-state index >= 15 is 0 Å². The van der Waals surface area contributed by atoms with E-state index in [9.17, 15) is 13.2 Å². The molecule has 30 heavy (non-hydrogen) atoms. The predicted octanol–water partition coefficient (Wildman–Crippen LogP) is 4.49. The molecule has 3 aromatic rings. The Labute approximate surface area is 177 Å². The summed E-state index contributed by atoms with van der Waals surface area (Å²) < 4.78 is 40.5. The molecule has 1 fully saturated rings. The molecule has 1 saturated heterocycles. The van der Waals surface area contributed by atoms with Crippen molar-refractivity contribution in [1.29, 1.82) is 0 Å². The van der Waals surface area contributed by atoms with Crippen LogP contribution < -0.4 is 5.32 Å².